The number of piperidine rings is 1. The summed E-state index contributed by atoms with van der Waals surface area (Å²) in [5, 5.41) is 3.64. The second-order valence-corrected chi connectivity index (χ2v) is 6.57. The van der Waals surface area contributed by atoms with Gasteiger partial charge in [-0.25, -0.2) is 9.97 Å². The third-order valence-corrected chi connectivity index (χ3v) is 4.89. The van der Waals surface area contributed by atoms with E-state index in [-0.39, 0.29) is 0 Å². The number of aromatic nitrogens is 3. The van der Waals surface area contributed by atoms with E-state index in [1.807, 2.05) is 12.3 Å². The number of rotatable bonds is 4. The topological polar surface area (TPSA) is 52.0 Å². The van der Waals surface area contributed by atoms with Gasteiger partial charge in [-0.1, -0.05) is 6.42 Å². The standard InChI is InChI=1S/C17H24N4O/c1-2-7-18-14(4-1)11-21-16(10-13-6-9-22-12-13)20-15-5-3-8-19-17(15)21/h3,5,8,13-14,18H,1-2,4,6-7,9-12H2. The maximum Gasteiger partial charge on any atom is 0.160 e. The predicted octanol–water partition coefficient (Wildman–Crippen LogP) is 2.15. The van der Waals surface area contributed by atoms with E-state index in [9.17, 15) is 0 Å². The third-order valence-electron chi connectivity index (χ3n) is 4.89. The molecule has 118 valence electrons. The van der Waals surface area contributed by atoms with Gasteiger partial charge in [-0.15, -0.1) is 0 Å². The molecule has 2 aliphatic rings. The van der Waals surface area contributed by atoms with Gasteiger partial charge in [0.15, 0.2) is 5.65 Å². The van der Waals surface area contributed by atoms with Crippen molar-refractivity contribution in [2.45, 2.75) is 44.7 Å². The Morgan fingerprint density at radius 1 is 1.32 bits per heavy atom. The molecule has 1 N–H and O–H groups in total. The van der Waals surface area contributed by atoms with E-state index in [2.05, 4.69) is 20.9 Å². The zero-order valence-electron chi connectivity index (χ0n) is 13.0. The lowest BCUT2D eigenvalue weighted by molar-refractivity contribution is 0.185. The van der Waals surface area contributed by atoms with E-state index in [0.717, 1.165) is 50.3 Å². The van der Waals surface area contributed by atoms with Crippen molar-refractivity contribution in [3.05, 3.63) is 24.2 Å². The molecule has 2 aliphatic heterocycles. The van der Waals surface area contributed by atoms with Gasteiger partial charge in [-0.05, 0) is 43.9 Å². The van der Waals surface area contributed by atoms with Gasteiger partial charge in [-0.3, -0.25) is 0 Å². The Labute approximate surface area is 131 Å². The molecule has 0 radical (unpaired) electrons. The first-order valence-corrected chi connectivity index (χ1v) is 8.51. The molecule has 5 nitrogen and oxygen atoms in total. The molecule has 0 spiro atoms. The molecule has 0 aliphatic carbocycles. The summed E-state index contributed by atoms with van der Waals surface area (Å²) in [5.74, 6) is 1.78. The number of nitrogens with zero attached hydrogens (tertiary/aromatic N) is 3. The van der Waals surface area contributed by atoms with Crippen LogP contribution in [0.5, 0.6) is 0 Å². The highest BCUT2D eigenvalue weighted by molar-refractivity contribution is 5.71. The first-order valence-electron chi connectivity index (χ1n) is 8.51. The predicted molar refractivity (Wildman–Crippen MR) is 85.8 cm³/mol. The number of hydrogen-bond acceptors (Lipinski definition) is 4. The molecule has 2 atom stereocenters. The molecule has 4 rings (SSSR count). The first kappa shape index (κ1) is 14.2. The van der Waals surface area contributed by atoms with Crippen LogP contribution in [0.2, 0.25) is 0 Å². The lowest BCUT2D eigenvalue weighted by Crippen LogP contribution is -2.37. The minimum absolute atomic E-state index is 0.548. The van der Waals surface area contributed by atoms with Crippen LogP contribution in [0.3, 0.4) is 0 Å². The van der Waals surface area contributed by atoms with Gasteiger partial charge in [0.25, 0.3) is 0 Å². The summed E-state index contributed by atoms with van der Waals surface area (Å²) >= 11 is 0. The molecule has 4 heterocycles. The number of imidazole rings is 1. The van der Waals surface area contributed by atoms with Crippen LogP contribution in [0.15, 0.2) is 18.3 Å². The van der Waals surface area contributed by atoms with Gasteiger partial charge in [0, 0.05) is 38.4 Å². The highest BCUT2D eigenvalue weighted by atomic mass is 16.5. The molecule has 0 amide bonds. The Morgan fingerprint density at radius 2 is 2.32 bits per heavy atom. The number of pyridine rings is 1. The summed E-state index contributed by atoms with van der Waals surface area (Å²) in [5.41, 5.74) is 2.05. The minimum atomic E-state index is 0.548. The zero-order valence-corrected chi connectivity index (χ0v) is 13.0. The molecule has 2 unspecified atom stereocenters. The maximum atomic E-state index is 5.53. The van der Waals surface area contributed by atoms with Crippen LogP contribution < -0.4 is 5.32 Å². The van der Waals surface area contributed by atoms with E-state index >= 15 is 0 Å². The monoisotopic (exact) mass is 300 g/mol. The van der Waals surface area contributed by atoms with Crippen LogP contribution in [-0.4, -0.2) is 40.3 Å². The fourth-order valence-corrected chi connectivity index (χ4v) is 3.66. The molecular formula is C17H24N4O. The lowest BCUT2D eigenvalue weighted by Gasteiger charge is -2.25. The average molecular weight is 300 g/mol. The van der Waals surface area contributed by atoms with Gasteiger partial charge in [-0.2, -0.15) is 0 Å². The third kappa shape index (κ3) is 2.88. The molecule has 2 fully saturated rings. The van der Waals surface area contributed by atoms with E-state index in [1.54, 1.807) is 0 Å². The summed E-state index contributed by atoms with van der Waals surface area (Å²) in [6, 6.07) is 4.59. The largest absolute Gasteiger partial charge is 0.381 e. The Kier molecular flexibility index (Phi) is 4.08. The zero-order chi connectivity index (χ0) is 14.8. The molecule has 0 saturated carbocycles. The van der Waals surface area contributed by atoms with Crippen molar-refractivity contribution >= 4 is 11.2 Å². The van der Waals surface area contributed by atoms with Crippen LogP contribution in [-0.2, 0) is 17.7 Å². The first-order chi connectivity index (χ1) is 10.9. The van der Waals surface area contributed by atoms with Crippen LogP contribution >= 0.6 is 0 Å². The summed E-state index contributed by atoms with van der Waals surface area (Å²) in [4.78, 5) is 9.44. The van der Waals surface area contributed by atoms with Gasteiger partial charge >= 0.3 is 0 Å². The van der Waals surface area contributed by atoms with Crippen LogP contribution in [0.25, 0.3) is 11.2 Å². The highest BCUT2D eigenvalue weighted by Gasteiger charge is 2.22. The number of hydrogen-bond donors (Lipinski definition) is 1. The number of fused-ring (bicyclic) bond motifs is 1. The minimum Gasteiger partial charge on any atom is -0.381 e. The van der Waals surface area contributed by atoms with Crippen molar-refractivity contribution in [2.75, 3.05) is 19.8 Å². The van der Waals surface area contributed by atoms with E-state index in [0.29, 0.717) is 12.0 Å². The summed E-state index contributed by atoms with van der Waals surface area (Å²) in [6.07, 6.45) is 7.90. The maximum absolute atomic E-state index is 5.53. The van der Waals surface area contributed by atoms with Crippen molar-refractivity contribution in [3.8, 4) is 0 Å². The molecule has 0 aromatic carbocycles. The quantitative estimate of drug-likeness (QED) is 0.940. The van der Waals surface area contributed by atoms with Crippen molar-refractivity contribution in [1.29, 1.82) is 0 Å². The molecule has 22 heavy (non-hydrogen) atoms. The second-order valence-electron chi connectivity index (χ2n) is 6.57. The van der Waals surface area contributed by atoms with Crippen molar-refractivity contribution in [2.24, 2.45) is 5.92 Å². The number of ether oxygens (including phenoxy) is 1. The normalized spacial score (nSPS) is 25.8. The van der Waals surface area contributed by atoms with Crippen LogP contribution in [0, 0.1) is 5.92 Å². The van der Waals surface area contributed by atoms with Gasteiger partial charge in [0.2, 0.25) is 0 Å². The lowest BCUT2D eigenvalue weighted by atomic mass is 10.0. The van der Waals surface area contributed by atoms with Crippen molar-refractivity contribution in [1.82, 2.24) is 19.9 Å². The van der Waals surface area contributed by atoms with Crippen LogP contribution in [0.4, 0.5) is 0 Å². The Bertz CT molecular complexity index is 627. The summed E-state index contributed by atoms with van der Waals surface area (Å²) in [7, 11) is 0. The molecule has 0 bridgehead atoms. The molecule has 2 aromatic heterocycles. The average Bonchev–Trinajstić information content (AvgIpc) is 3.18. The SMILES string of the molecule is c1cnc2c(c1)nc(CC1CCOC1)n2CC1CCCCN1. The van der Waals surface area contributed by atoms with E-state index < -0.39 is 0 Å². The van der Waals surface area contributed by atoms with E-state index in [1.165, 1.54) is 25.1 Å². The van der Waals surface area contributed by atoms with Gasteiger partial charge in [0.05, 0.1) is 0 Å². The van der Waals surface area contributed by atoms with Gasteiger partial charge < -0.3 is 14.6 Å². The summed E-state index contributed by atoms with van der Waals surface area (Å²) in [6.45, 7) is 3.89. The Morgan fingerprint density at radius 3 is 3.14 bits per heavy atom. The van der Waals surface area contributed by atoms with Crippen LogP contribution in [0.1, 0.15) is 31.5 Å². The summed E-state index contributed by atoms with van der Waals surface area (Å²) < 4.78 is 7.87. The smallest absolute Gasteiger partial charge is 0.160 e. The molecule has 5 heteroatoms. The fraction of sp³-hybridized carbons (Fsp3) is 0.647. The molecule has 2 aromatic rings. The van der Waals surface area contributed by atoms with Crippen molar-refractivity contribution < 1.29 is 4.74 Å². The van der Waals surface area contributed by atoms with E-state index in [4.69, 9.17) is 9.72 Å². The van der Waals surface area contributed by atoms with Crippen molar-refractivity contribution in [3.63, 3.8) is 0 Å². The molecule has 2 saturated heterocycles. The Balaban J connectivity index is 1.63. The second kappa shape index (κ2) is 6.34. The number of nitrogens with one attached hydrogen (secondary N) is 1. The Hall–Kier alpha value is -1.46. The van der Waals surface area contributed by atoms with Gasteiger partial charge in [0.1, 0.15) is 11.3 Å². The fourth-order valence-electron chi connectivity index (χ4n) is 3.66. The highest BCUT2D eigenvalue weighted by Crippen LogP contribution is 2.22. The molecular weight excluding hydrogens is 276 g/mol.